The Balaban J connectivity index is 1.43. The predicted molar refractivity (Wildman–Crippen MR) is 83.2 cm³/mol. The van der Waals surface area contributed by atoms with Crippen LogP contribution in [-0.2, 0) is 11.2 Å². The Kier molecular flexibility index (Phi) is 3.37. The topological polar surface area (TPSA) is 70.8 Å². The first-order valence-corrected chi connectivity index (χ1v) is 8.20. The van der Waals surface area contributed by atoms with Crippen LogP contribution >= 0.6 is 0 Å². The average molecular weight is 309 g/mol. The lowest BCUT2D eigenvalue weighted by molar-refractivity contribution is -0.135. The lowest BCUT2D eigenvalue weighted by Gasteiger charge is -2.35. The molecule has 6 heteroatoms. The van der Waals surface area contributed by atoms with Gasteiger partial charge < -0.3 is 4.90 Å². The van der Waals surface area contributed by atoms with Gasteiger partial charge in [-0.3, -0.25) is 4.79 Å². The van der Waals surface area contributed by atoms with Crippen molar-refractivity contribution in [1.29, 1.82) is 0 Å². The van der Waals surface area contributed by atoms with E-state index in [0.717, 1.165) is 36.9 Å². The molecule has 2 atom stereocenters. The standard InChI is InChI=1S/C17H19N5O/c1-2-3-7-17(20-21-17)8-6-16(23)22-12-4-5-15(22)13-10-18-11-19-14(13)9-12/h1,10-12,15H,3-9H2. The molecule has 1 fully saturated rings. The molecule has 3 aliphatic rings. The van der Waals surface area contributed by atoms with Crippen LogP contribution in [0.15, 0.2) is 22.8 Å². The summed E-state index contributed by atoms with van der Waals surface area (Å²) in [7, 11) is 0. The minimum atomic E-state index is -0.377. The Morgan fingerprint density at radius 1 is 1.39 bits per heavy atom. The summed E-state index contributed by atoms with van der Waals surface area (Å²) in [5, 5.41) is 8.23. The zero-order valence-electron chi connectivity index (χ0n) is 13.0. The average Bonchev–Trinajstić information content (AvgIpc) is 3.28. The van der Waals surface area contributed by atoms with Crippen molar-refractivity contribution < 1.29 is 4.79 Å². The molecule has 0 N–H and O–H groups in total. The largest absolute Gasteiger partial charge is 0.332 e. The molecular formula is C17H19N5O. The van der Waals surface area contributed by atoms with E-state index in [4.69, 9.17) is 6.42 Å². The van der Waals surface area contributed by atoms with Crippen molar-refractivity contribution in [1.82, 2.24) is 14.9 Å². The van der Waals surface area contributed by atoms with Crippen LogP contribution in [-0.4, -0.2) is 32.5 Å². The predicted octanol–water partition coefficient (Wildman–Crippen LogP) is 2.42. The molecule has 1 saturated heterocycles. The first kappa shape index (κ1) is 14.3. The van der Waals surface area contributed by atoms with Crippen molar-refractivity contribution in [2.45, 2.75) is 62.7 Å². The van der Waals surface area contributed by atoms with Gasteiger partial charge in [-0.2, -0.15) is 10.2 Å². The minimum absolute atomic E-state index is 0.146. The summed E-state index contributed by atoms with van der Waals surface area (Å²) >= 11 is 0. The van der Waals surface area contributed by atoms with Crippen LogP contribution in [0.5, 0.6) is 0 Å². The maximum Gasteiger partial charge on any atom is 0.223 e. The molecule has 23 heavy (non-hydrogen) atoms. The Morgan fingerprint density at radius 3 is 3.04 bits per heavy atom. The molecule has 1 amide bonds. The fourth-order valence-electron chi connectivity index (χ4n) is 3.91. The van der Waals surface area contributed by atoms with E-state index < -0.39 is 0 Å². The summed E-state index contributed by atoms with van der Waals surface area (Å²) in [4.78, 5) is 23.4. The molecule has 0 aliphatic carbocycles. The van der Waals surface area contributed by atoms with E-state index in [1.54, 1.807) is 6.33 Å². The molecule has 4 heterocycles. The smallest absolute Gasteiger partial charge is 0.223 e. The van der Waals surface area contributed by atoms with Gasteiger partial charge in [0.05, 0.1) is 11.7 Å². The highest BCUT2D eigenvalue weighted by atomic mass is 16.2. The lowest BCUT2D eigenvalue weighted by atomic mass is 9.97. The van der Waals surface area contributed by atoms with Crippen molar-refractivity contribution in [3.05, 3.63) is 23.8 Å². The normalized spacial score (nSPS) is 25.8. The van der Waals surface area contributed by atoms with Crippen LogP contribution in [0.1, 0.15) is 55.8 Å². The van der Waals surface area contributed by atoms with Gasteiger partial charge in [-0.05, 0) is 12.8 Å². The monoisotopic (exact) mass is 309 g/mol. The SMILES string of the molecule is C#CCCC1(CCC(=O)N2C3CCC2c2cncnc2C3)N=N1. The third kappa shape index (κ3) is 2.50. The molecule has 1 aromatic heterocycles. The van der Waals surface area contributed by atoms with Crippen LogP contribution < -0.4 is 0 Å². The second-order valence-corrected chi connectivity index (χ2v) is 6.56. The molecule has 2 unspecified atom stereocenters. The Morgan fingerprint density at radius 2 is 2.26 bits per heavy atom. The maximum absolute atomic E-state index is 12.8. The highest BCUT2D eigenvalue weighted by Gasteiger charge is 2.45. The number of carbonyl (C=O) groups is 1. The van der Waals surface area contributed by atoms with E-state index in [0.29, 0.717) is 19.3 Å². The molecule has 4 rings (SSSR count). The molecule has 0 spiro atoms. The van der Waals surface area contributed by atoms with Crippen molar-refractivity contribution in [3.8, 4) is 12.3 Å². The van der Waals surface area contributed by atoms with E-state index in [2.05, 4.69) is 31.0 Å². The Bertz CT molecular complexity index is 701. The van der Waals surface area contributed by atoms with E-state index in [-0.39, 0.29) is 23.7 Å². The van der Waals surface area contributed by atoms with Gasteiger partial charge in [0.1, 0.15) is 6.33 Å². The molecular weight excluding hydrogens is 290 g/mol. The first-order valence-electron chi connectivity index (χ1n) is 8.20. The van der Waals surface area contributed by atoms with Gasteiger partial charge in [0.15, 0.2) is 5.66 Å². The second-order valence-electron chi connectivity index (χ2n) is 6.56. The quantitative estimate of drug-likeness (QED) is 0.784. The van der Waals surface area contributed by atoms with Gasteiger partial charge in [0.2, 0.25) is 5.91 Å². The summed E-state index contributed by atoms with van der Waals surface area (Å²) in [6, 6.07) is 0.428. The number of aromatic nitrogens is 2. The van der Waals surface area contributed by atoms with Gasteiger partial charge >= 0.3 is 0 Å². The van der Waals surface area contributed by atoms with Gasteiger partial charge in [-0.1, -0.05) is 0 Å². The lowest BCUT2D eigenvalue weighted by Crippen LogP contribution is -2.42. The number of carbonyl (C=O) groups excluding carboxylic acids is 1. The number of nitrogens with zero attached hydrogens (tertiary/aromatic N) is 5. The van der Waals surface area contributed by atoms with Crippen LogP contribution in [0.25, 0.3) is 0 Å². The van der Waals surface area contributed by atoms with Gasteiger partial charge in [0, 0.05) is 49.9 Å². The summed E-state index contributed by atoms with van der Waals surface area (Å²) in [6.07, 6.45) is 14.2. The molecule has 0 radical (unpaired) electrons. The van der Waals surface area contributed by atoms with Crippen molar-refractivity contribution >= 4 is 5.91 Å². The summed E-state index contributed by atoms with van der Waals surface area (Å²) in [6.45, 7) is 0. The van der Waals surface area contributed by atoms with Crippen LogP contribution in [0.4, 0.5) is 0 Å². The first-order chi connectivity index (χ1) is 11.2. The van der Waals surface area contributed by atoms with Crippen LogP contribution in [0.3, 0.4) is 0 Å². The number of hydrogen-bond donors (Lipinski definition) is 0. The molecule has 3 aliphatic heterocycles. The number of fused-ring (bicyclic) bond motifs is 4. The summed E-state index contributed by atoms with van der Waals surface area (Å²) < 4.78 is 0. The van der Waals surface area contributed by atoms with E-state index >= 15 is 0 Å². The van der Waals surface area contributed by atoms with Crippen molar-refractivity contribution in [2.24, 2.45) is 10.2 Å². The maximum atomic E-state index is 12.8. The Hall–Kier alpha value is -2.29. The molecule has 1 aromatic rings. The fraction of sp³-hybridized carbons (Fsp3) is 0.588. The van der Waals surface area contributed by atoms with Gasteiger partial charge in [-0.15, -0.1) is 12.3 Å². The second kappa shape index (κ2) is 5.41. The summed E-state index contributed by atoms with van der Waals surface area (Å²) in [5.74, 6) is 2.82. The minimum Gasteiger partial charge on any atom is -0.332 e. The summed E-state index contributed by atoms with van der Waals surface area (Å²) in [5.41, 5.74) is 1.85. The highest BCUT2D eigenvalue weighted by Crippen LogP contribution is 2.44. The third-order valence-corrected chi connectivity index (χ3v) is 5.20. The van der Waals surface area contributed by atoms with Gasteiger partial charge in [0.25, 0.3) is 0 Å². The van der Waals surface area contributed by atoms with E-state index in [1.807, 2.05) is 6.20 Å². The number of rotatable bonds is 5. The highest BCUT2D eigenvalue weighted by molar-refractivity contribution is 5.78. The molecule has 0 aromatic carbocycles. The number of hydrogen-bond acceptors (Lipinski definition) is 5. The number of amides is 1. The zero-order valence-corrected chi connectivity index (χ0v) is 13.0. The molecule has 118 valence electrons. The van der Waals surface area contributed by atoms with Crippen molar-refractivity contribution in [3.63, 3.8) is 0 Å². The molecule has 0 saturated carbocycles. The fourth-order valence-corrected chi connectivity index (χ4v) is 3.91. The molecule has 6 nitrogen and oxygen atoms in total. The van der Waals surface area contributed by atoms with Crippen LogP contribution in [0.2, 0.25) is 0 Å². The van der Waals surface area contributed by atoms with Crippen LogP contribution in [0, 0.1) is 12.3 Å². The number of terminal acetylenes is 1. The van der Waals surface area contributed by atoms with E-state index in [9.17, 15) is 4.79 Å². The van der Waals surface area contributed by atoms with Crippen molar-refractivity contribution in [2.75, 3.05) is 0 Å². The van der Waals surface area contributed by atoms with Gasteiger partial charge in [-0.25, -0.2) is 9.97 Å². The zero-order chi connectivity index (χ0) is 15.9. The Labute approximate surface area is 135 Å². The molecule has 2 bridgehead atoms. The third-order valence-electron chi connectivity index (χ3n) is 5.20. The van der Waals surface area contributed by atoms with E-state index in [1.165, 1.54) is 0 Å².